The molecule has 1 aromatic carbocycles. The number of carbonyl (C=O) groups excluding carboxylic acids is 2. The third-order valence-electron chi connectivity index (χ3n) is 2.47. The number of carbonyl (C=O) groups is 2. The molecule has 8 heteroatoms. The van der Waals surface area contributed by atoms with Gasteiger partial charge in [-0.2, -0.15) is 0 Å². The number of fused-ring (bicyclic) bond motifs is 1. The van der Waals surface area contributed by atoms with Crippen LogP contribution in [0.5, 0.6) is 11.5 Å². The number of anilines is 1. The molecule has 2 amide bonds. The molecule has 20 heavy (non-hydrogen) atoms. The molecule has 1 aliphatic rings. The second kappa shape index (κ2) is 7.56. The van der Waals surface area contributed by atoms with Gasteiger partial charge in [-0.25, -0.2) is 0 Å². The Morgan fingerprint density at radius 1 is 1.20 bits per heavy atom. The van der Waals surface area contributed by atoms with Crippen molar-refractivity contribution in [1.29, 1.82) is 0 Å². The zero-order valence-electron chi connectivity index (χ0n) is 10.7. The monoisotopic (exact) mass is 301 g/mol. The molecule has 0 aromatic heterocycles. The average Bonchev–Trinajstić information content (AvgIpc) is 2.45. The summed E-state index contributed by atoms with van der Waals surface area (Å²) in [4.78, 5) is 22.6. The lowest BCUT2D eigenvalue weighted by molar-refractivity contribution is -0.123. The highest BCUT2D eigenvalue weighted by molar-refractivity contribution is 5.96. The van der Waals surface area contributed by atoms with Gasteiger partial charge in [-0.3, -0.25) is 9.59 Å². The lowest BCUT2D eigenvalue weighted by atomic mass is 10.2. The summed E-state index contributed by atoms with van der Waals surface area (Å²) in [5, 5.41) is 5.03. The van der Waals surface area contributed by atoms with Crippen molar-refractivity contribution in [1.82, 2.24) is 5.32 Å². The molecule has 1 aliphatic heterocycles. The van der Waals surface area contributed by atoms with Crippen molar-refractivity contribution >= 4 is 29.9 Å². The molecule has 4 N–H and O–H groups in total. The molecule has 0 aliphatic carbocycles. The summed E-state index contributed by atoms with van der Waals surface area (Å²) in [5.74, 6) is 0.358. The normalized spacial score (nSPS) is 12.1. The SMILES string of the molecule is Cl.NCC(=O)NCC(=O)Nc1cccc2c1OCCO2. The van der Waals surface area contributed by atoms with Gasteiger partial charge in [0.05, 0.1) is 18.8 Å². The third-order valence-corrected chi connectivity index (χ3v) is 2.47. The van der Waals surface area contributed by atoms with E-state index in [2.05, 4.69) is 10.6 Å². The fourth-order valence-corrected chi connectivity index (χ4v) is 1.62. The molecular weight excluding hydrogens is 286 g/mol. The van der Waals surface area contributed by atoms with Gasteiger partial charge in [0.25, 0.3) is 0 Å². The zero-order chi connectivity index (χ0) is 13.7. The first-order valence-electron chi connectivity index (χ1n) is 5.86. The van der Waals surface area contributed by atoms with Crippen LogP contribution in [0.4, 0.5) is 5.69 Å². The van der Waals surface area contributed by atoms with Crippen LogP contribution >= 0.6 is 12.4 Å². The Kier molecular flexibility index (Phi) is 6.08. The molecule has 0 spiro atoms. The minimum absolute atomic E-state index is 0. The van der Waals surface area contributed by atoms with Crippen LogP contribution in [0.2, 0.25) is 0 Å². The number of nitrogens with two attached hydrogens (primary N) is 1. The Bertz CT molecular complexity index is 496. The van der Waals surface area contributed by atoms with Crippen molar-refractivity contribution in [3.63, 3.8) is 0 Å². The minimum atomic E-state index is -0.384. The zero-order valence-corrected chi connectivity index (χ0v) is 11.5. The molecule has 0 saturated heterocycles. The molecule has 1 aromatic rings. The molecule has 0 saturated carbocycles. The fourth-order valence-electron chi connectivity index (χ4n) is 1.62. The largest absolute Gasteiger partial charge is 0.486 e. The molecule has 7 nitrogen and oxygen atoms in total. The number of halogens is 1. The summed E-state index contributed by atoms with van der Waals surface area (Å²) < 4.78 is 10.9. The van der Waals surface area contributed by atoms with Crippen LogP contribution in [0.15, 0.2) is 18.2 Å². The van der Waals surface area contributed by atoms with Crippen molar-refractivity contribution in [2.75, 3.05) is 31.6 Å². The molecule has 0 unspecified atom stereocenters. The van der Waals surface area contributed by atoms with E-state index in [1.807, 2.05) is 0 Å². The molecule has 2 rings (SSSR count). The van der Waals surface area contributed by atoms with E-state index in [1.165, 1.54) is 0 Å². The van der Waals surface area contributed by atoms with E-state index in [-0.39, 0.29) is 37.3 Å². The molecular formula is C12H16ClN3O4. The maximum atomic E-state index is 11.7. The van der Waals surface area contributed by atoms with Crippen LogP contribution in [0.1, 0.15) is 0 Å². The van der Waals surface area contributed by atoms with Crippen LogP contribution in [0.25, 0.3) is 0 Å². The Morgan fingerprint density at radius 3 is 2.70 bits per heavy atom. The van der Waals surface area contributed by atoms with Crippen molar-refractivity contribution < 1.29 is 19.1 Å². The van der Waals surface area contributed by atoms with E-state index in [0.29, 0.717) is 30.4 Å². The topological polar surface area (TPSA) is 103 Å². The lowest BCUT2D eigenvalue weighted by Crippen LogP contribution is -2.36. The van der Waals surface area contributed by atoms with Crippen LogP contribution < -0.4 is 25.8 Å². The summed E-state index contributed by atoms with van der Waals surface area (Å²) in [6.07, 6.45) is 0. The van der Waals surface area contributed by atoms with E-state index in [0.717, 1.165) is 0 Å². The Balaban J connectivity index is 0.00000200. The minimum Gasteiger partial charge on any atom is -0.486 e. The van der Waals surface area contributed by atoms with Crippen molar-refractivity contribution in [3.05, 3.63) is 18.2 Å². The van der Waals surface area contributed by atoms with E-state index in [9.17, 15) is 9.59 Å². The van der Waals surface area contributed by atoms with E-state index >= 15 is 0 Å². The molecule has 0 fully saturated rings. The van der Waals surface area contributed by atoms with E-state index in [1.54, 1.807) is 18.2 Å². The highest BCUT2D eigenvalue weighted by Crippen LogP contribution is 2.37. The Morgan fingerprint density at radius 2 is 1.95 bits per heavy atom. The first-order valence-corrected chi connectivity index (χ1v) is 5.86. The number of ether oxygens (including phenoxy) is 2. The standard InChI is InChI=1S/C12H15N3O4.ClH/c13-6-10(16)14-7-11(17)15-8-2-1-3-9-12(8)19-5-4-18-9;/h1-3H,4-7,13H2,(H,14,16)(H,15,17);1H. The summed E-state index contributed by atoms with van der Waals surface area (Å²) in [5.41, 5.74) is 5.64. The van der Waals surface area contributed by atoms with E-state index in [4.69, 9.17) is 15.2 Å². The summed E-state index contributed by atoms with van der Waals surface area (Å²) in [7, 11) is 0. The predicted octanol–water partition coefficient (Wildman–Crippen LogP) is -0.107. The third kappa shape index (κ3) is 4.01. The van der Waals surface area contributed by atoms with Crippen molar-refractivity contribution in [2.24, 2.45) is 5.73 Å². The second-order valence-electron chi connectivity index (χ2n) is 3.86. The maximum Gasteiger partial charge on any atom is 0.243 e. The highest BCUT2D eigenvalue weighted by Gasteiger charge is 2.17. The first-order chi connectivity index (χ1) is 9.20. The number of benzene rings is 1. The predicted molar refractivity (Wildman–Crippen MR) is 75.4 cm³/mol. The van der Waals surface area contributed by atoms with Gasteiger partial charge in [0.15, 0.2) is 11.5 Å². The van der Waals surface area contributed by atoms with Gasteiger partial charge >= 0.3 is 0 Å². The summed E-state index contributed by atoms with van der Waals surface area (Å²) in [6, 6.07) is 5.22. The number of amides is 2. The number of rotatable bonds is 4. The van der Waals surface area contributed by atoms with Gasteiger partial charge in [0.2, 0.25) is 11.8 Å². The van der Waals surface area contributed by atoms with Crippen molar-refractivity contribution in [2.45, 2.75) is 0 Å². The van der Waals surface area contributed by atoms with Gasteiger partial charge < -0.3 is 25.8 Å². The summed E-state index contributed by atoms with van der Waals surface area (Å²) >= 11 is 0. The van der Waals surface area contributed by atoms with Gasteiger partial charge in [0.1, 0.15) is 13.2 Å². The number of nitrogens with one attached hydrogen (secondary N) is 2. The smallest absolute Gasteiger partial charge is 0.243 e. The summed E-state index contributed by atoms with van der Waals surface area (Å²) in [6.45, 7) is 0.631. The van der Waals surface area contributed by atoms with Crippen LogP contribution in [0, 0.1) is 0 Å². The molecule has 1 heterocycles. The first kappa shape index (κ1) is 16.1. The van der Waals surface area contributed by atoms with Gasteiger partial charge in [-0.15, -0.1) is 12.4 Å². The highest BCUT2D eigenvalue weighted by atomic mass is 35.5. The lowest BCUT2D eigenvalue weighted by Gasteiger charge is -2.21. The average molecular weight is 302 g/mol. The molecule has 0 radical (unpaired) electrons. The Hall–Kier alpha value is -1.99. The van der Waals surface area contributed by atoms with Crippen molar-refractivity contribution in [3.8, 4) is 11.5 Å². The van der Waals surface area contributed by atoms with Crippen LogP contribution in [0.3, 0.4) is 0 Å². The number of hydrogen-bond acceptors (Lipinski definition) is 5. The van der Waals surface area contributed by atoms with Crippen LogP contribution in [-0.4, -0.2) is 38.1 Å². The second-order valence-corrected chi connectivity index (χ2v) is 3.86. The van der Waals surface area contributed by atoms with E-state index < -0.39 is 0 Å². The Labute approximate surface area is 122 Å². The fraction of sp³-hybridized carbons (Fsp3) is 0.333. The molecule has 110 valence electrons. The van der Waals surface area contributed by atoms with Gasteiger partial charge in [0, 0.05) is 0 Å². The molecule has 0 bridgehead atoms. The quantitative estimate of drug-likeness (QED) is 0.720. The maximum absolute atomic E-state index is 11.7. The van der Waals surface area contributed by atoms with Gasteiger partial charge in [-0.05, 0) is 12.1 Å². The molecule has 0 atom stereocenters. The number of para-hydroxylation sites is 1. The number of hydrogen-bond donors (Lipinski definition) is 3. The van der Waals surface area contributed by atoms with Crippen LogP contribution in [-0.2, 0) is 9.59 Å². The van der Waals surface area contributed by atoms with Gasteiger partial charge in [-0.1, -0.05) is 6.07 Å².